The summed E-state index contributed by atoms with van der Waals surface area (Å²) in [5.74, 6) is 1.32. The topological polar surface area (TPSA) is 84.4 Å². The molecule has 0 aliphatic carbocycles. The molecule has 0 saturated carbocycles. The molecule has 0 aromatic carbocycles. The molecule has 0 amide bonds. The molecule has 19 heavy (non-hydrogen) atoms. The van der Waals surface area contributed by atoms with Crippen LogP contribution in [0.15, 0.2) is 6.07 Å². The molecule has 2 rings (SSSR count). The number of nitrogens with zero attached hydrogens (tertiary/aromatic N) is 3. The molecule has 1 saturated heterocycles. The summed E-state index contributed by atoms with van der Waals surface area (Å²) in [5, 5.41) is 2.95. The van der Waals surface area contributed by atoms with E-state index in [9.17, 15) is 8.42 Å². The number of ether oxygens (including phenoxy) is 1. The van der Waals surface area contributed by atoms with Crippen LogP contribution in [-0.4, -0.2) is 55.7 Å². The highest BCUT2D eigenvalue weighted by Crippen LogP contribution is 2.23. The van der Waals surface area contributed by atoms with E-state index in [1.165, 1.54) is 10.6 Å². The van der Waals surface area contributed by atoms with Gasteiger partial charge in [-0.3, -0.25) is 0 Å². The fourth-order valence-electron chi connectivity index (χ4n) is 1.99. The number of morpholine rings is 1. The van der Waals surface area contributed by atoms with Crippen molar-refractivity contribution in [2.45, 2.75) is 13.0 Å². The van der Waals surface area contributed by atoms with Gasteiger partial charge in [-0.2, -0.15) is 4.31 Å². The molecule has 1 fully saturated rings. The zero-order valence-electron chi connectivity index (χ0n) is 11.3. The van der Waals surface area contributed by atoms with Gasteiger partial charge in [-0.1, -0.05) is 0 Å². The minimum atomic E-state index is -3.20. The monoisotopic (exact) mass is 286 g/mol. The van der Waals surface area contributed by atoms with E-state index < -0.39 is 10.0 Å². The Kier molecular flexibility index (Phi) is 4.02. The van der Waals surface area contributed by atoms with E-state index >= 15 is 0 Å². The lowest BCUT2D eigenvalue weighted by Crippen LogP contribution is -2.41. The van der Waals surface area contributed by atoms with Crippen molar-refractivity contribution in [3.63, 3.8) is 0 Å². The molecule has 7 nitrogen and oxygen atoms in total. The number of aryl methyl sites for hydroxylation is 1. The normalized spacial score (nSPS) is 21.3. The first-order chi connectivity index (χ1) is 8.90. The van der Waals surface area contributed by atoms with Gasteiger partial charge in [0.1, 0.15) is 17.7 Å². The Morgan fingerprint density at radius 3 is 2.84 bits per heavy atom. The van der Waals surface area contributed by atoms with Gasteiger partial charge in [0, 0.05) is 26.2 Å². The number of sulfonamides is 1. The highest BCUT2D eigenvalue weighted by Gasteiger charge is 2.28. The van der Waals surface area contributed by atoms with Gasteiger partial charge in [0.25, 0.3) is 0 Å². The van der Waals surface area contributed by atoms with Crippen LogP contribution in [0.2, 0.25) is 0 Å². The SMILES string of the molecule is CNc1cc([C@H]2CN(S(C)(=O)=O)CCO2)nc(C)n1. The van der Waals surface area contributed by atoms with Gasteiger partial charge in [0.2, 0.25) is 10.0 Å². The van der Waals surface area contributed by atoms with Crippen molar-refractivity contribution in [2.24, 2.45) is 0 Å². The van der Waals surface area contributed by atoms with Crippen molar-refractivity contribution in [1.29, 1.82) is 0 Å². The van der Waals surface area contributed by atoms with Crippen LogP contribution in [0.1, 0.15) is 17.6 Å². The Morgan fingerprint density at radius 2 is 2.21 bits per heavy atom. The van der Waals surface area contributed by atoms with Crippen LogP contribution in [0.5, 0.6) is 0 Å². The van der Waals surface area contributed by atoms with Gasteiger partial charge in [0.05, 0.1) is 18.6 Å². The number of nitrogens with one attached hydrogen (secondary N) is 1. The lowest BCUT2D eigenvalue weighted by molar-refractivity contribution is -0.00484. The summed E-state index contributed by atoms with van der Waals surface area (Å²) in [4.78, 5) is 8.53. The van der Waals surface area contributed by atoms with Crippen molar-refractivity contribution < 1.29 is 13.2 Å². The van der Waals surface area contributed by atoms with Crippen LogP contribution in [0.3, 0.4) is 0 Å². The number of hydrogen-bond donors (Lipinski definition) is 1. The first kappa shape index (κ1) is 14.2. The zero-order chi connectivity index (χ0) is 14.0. The summed E-state index contributed by atoms with van der Waals surface area (Å²) in [6.45, 7) is 2.84. The molecule has 8 heteroatoms. The smallest absolute Gasteiger partial charge is 0.211 e. The van der Waals surface area contributed by atoms with Gasteiger partial charge in [-0.25, -0.2) is 18.4 Å². The number of anilines is 1. The van der Waals surface area contributed by atoms with Crippen molar-refractivity contribution in [2.75, 3.05) is 38.3 Å². The average molecular weight is 286 g/mol. The van der Waals surface area contributed by atoms with E-state index in [2.05, 4.69) is 15.3 Å². The van der Waals surface area contributed by atoms with Gasteiger partial charge < -0.3 is 10.1 Å². The fourth-order valence-corrected chi connectivity index (χ4v) is 2.80. The first-order valence-corrected chi connectivity index (χ1v) is 7.85. The van der Waals surface area contributed by atoms with Gasteiger partial charge >= 0.3 is 0 Å². The lowest BCUT2D eigenvalue weighted by atomic mass is 10.2. The van der Waals surface area contributed by atoms with E-state index in [-0.39, 0.29) is 6.10 Å². The summed E-state index contributed by atoms with van der Waals surface area (Å²) < 4.78 is 30.2. The molecule has 1 aromatic rings. The molecule has 0 bridgehead atoms. The third kappa shape index (κ3) is 3.40. The molecule has 1 aliphatic rings. The van der Waals surface area contributed by atoms with Crippen molar-refractivity contribution in [3.8, 4) is 0 Å². The van der Waals surface area contributed by atoms with Crippen LogP contribution < -0.4 is 5.32 Å². The molecule has 106 valence electrons. The second-order valence-electron chi connectivity index (χ2n) is 4.46. The van der Waals surface area contributed by atoms with Crippen molar-refractivity contribution in [1.82, 2.24) is 14.3 Å². The molecule has 1 aromatic heterocycles. The van der Waals surface area contributed by atoms with Crippen LogP contribution in [0, 0.1) is 6.92 Å². The maximum atomic E-state index is 11.6. The Bertz CT molecular complexity index is 561. The quantitative estimate of drug-likeness (QED) is 0.852. The Hall–Kier alpha value is -1.25. The van der Waals surface area contributed by atoms with Crippen molar-refractivity contribution in [3.05, 3.63) is 17.6 Å². The molecule has 1 N–H and O–H groups in total. The summed E-state index contributed by atoms with van der Waals surface area (Å²) in [6, 6.07) is 1.78. The van der Waals surface area contributed by atoms with E-state index in [0.29, 0.717) is 37.0 Å². The zero-order valence-corrected chi connectivity index (χ0v) is 12.1. The molecule has 0 spiro atoms. The minimum absolute atomic E-state index is 0.290. The fraction of sp³-hybridized carbons (Fsp3) is 0.636. The molecule has 1 atom stereocenters. The summed E-state index contributed by atoms with van der Waals surface area (Å²) in [7, 11) is -1.42. The minimum Gasteiger partial charge on any atom is -0.373 e. The predicted molar refractivity (Wildman–Crippen MR) is 71.4 cm³/mol. The van der Waals surface area contributed by atoms with Crippen molar-refractivity contribution >= 4 is 15.8 Å². The number of aromatic nitrogens is 2. The van der Waals surface area contributed by atoms with Crippen LogP contribution in [0.25, 0.3) is 0 Å². The first-order valence-electron chi connectivity index (χ1n) is 6.00. The number of hydrogen-bond acceptors (Lipinski definition) is 6. The van der Waals surface area contributed by atoms with E-state index in [4.69, 9.17) is 4.74 Å². The van der Waals surface area contributed by atoms with Gasteiger partial charge in [-0.05, 0) is 6.92 Å². The third-order valence-corrected chi connectivity index (χ3v) is 4.21. The van der Waals surface area contributed by atoms with Gasteiger partial charge in [0.15, 0.2) is 0 Å². The highest BCUT2D eigenvalue weighted by molar-refractivity contribution is 7.88. The second-order valence-corrected chi connectivity index (χ2v) is 6.44. The highest BCUT2D eigenvalue weighted by atomic mass is 32.2. The van der Waals surface area contributed by atoms with Gasteiger partial charge in [-0.15, -0.1) is 0 Å². The van der Waals surface area contributed by atoms with E-state index in [1.54, 1.807) is 20.0 Å². The second kappa shape index (κ2) is 5.40. The Balaban J connectivity index is 2.24. The molecule has 2 heterocycles. The van der Waals surface area contributed by atoms with Crippen LogP contribution in [0.4, 0.5) is 5.82 Å². The van der Waals surface area contributed by atoms with Crippen LogP contribution >= 0.6 is 0 Å². The van der Waals surface area contributed by atoms with Crippen LogP contribution in [-0.2, 0) is 14.8 Å². The molecule has 0 unspecified atom stereocenters. The maximum absolute atomic E-state index is 11.6. The average Bonchev–Trinajstić information content (AvgIpc) is 2.37. The molecular formula is C11H18N4O3S. The Morgan fingerprint density at radius 1 is 1.47 bits per heavy atom. The Labute approximate surface area is 113 Å². The van der Waals surface area contributed by atoms with E-state index in [1.807, 2.05) is 0 Å². The lowest BCUT2D eigenvalue weighted by Gasteiger charge is -2.31. The molecule has 1 aliphatic heterocycles. The van der Waals surface area contributed by atoms with E-state index in [0.717, 1.165) is 0 Å². The largest absolute Gasteiger partial charge is 0.373 e. The standard InChI is InChI=1S/C11H18N4O3S/c1-8-13-9(6-11(12-2)14-8)10-7-15(4-5-18-10)19(3,16)17/h6,10H,4-5,7H2,1-3H3,(H,12,13,14)/t10-/m1/s1. The molecule has 0 radical (unpaired) electrons. The number of rotatable bonds is 3. The summed E-state index contributed by atoms with van der Waals surface area (Å²) in [5.41, 5.74) is 0.699. The molecular weight excluding hydrogens is 268 g/mol. The third-order valence-electron chi connectivity index (χ3n) is 2.94. The predicted octanol–water partition coefficient (Wildman–Crippen LogP) is 0.160. The summed E-state index contributed by atoms with van der Waals surface area (Å²) >= 11 is 0. The maximum Gasteiger partial charge on any atom is 0.211 e. The summed E-state index contributed by atoms with van der Waals surface area (Å²) in [6.07, 6.45) is 0.858.